The maximum absolute atomic E-state index is 14.9. The molecule has 7 heteroatoms. The molecule has 0 saturated carbocycles. The number of pyridine rings is 2. The van der Waals surface area contributed by atoms with E-state index in [1.807, 2.05) is 17.0 Å². The molecule has 1 aliphatic rings. The Kier molecular flexibility index (Phi) is 5.39. The number of halogens is 2. The number of carbonyl (C=O) groups is 1. The van der Waals surface area contributed by atoms with Gasteiger partial charge >= 0.3 is 0 Å². The van der Waals surface area contributed by atoms with Crippen LogP contribution < -0.4 is 10.2 Å². The van der Waals surface area contributed by atoms with Crippen molar-refractivity contribution in [1.29, 1.82) is 0 Å². The number of hydrogen-bond donors (Lipinski definition) is 1. The summed E-state index contributed by atoms with van der Waals surface area (Å²) in [7, 11) is 0. The van der Waals surface area contributed by atoms with Crippen molar-refractivity contribution in [3.05, 3.63) is 65.3 Å². The Bertz CT molecular complexity index is 990. The van der Waals surface area contributed by atoms with Gasteiger partial charge in [-0.1, -0.05) is 17.7 Å². The monoisotopic (exact) mass is 398 g/mol. The summed E-state index contributed by atoms with van der Waals surface area (Å²) in [5.74, 6) is -0.389. The first kappa shape index (κ1) is 18.6. The van der Waals surface area contributed by atoms with E-state index in [0.717, 1.165) is 5.56 Å². The third-order valence-electron chi connectivity index (χ3n) is 5.17. The first-order chi connectivity index (χ1) is 13.6. The molecule has 3 aromatic rings. The van der Waals surface area contributed by atoms with Crippen LogP contribution in [0.3, 0.4) is 0 Å². The summed E-state index contributed by atoms with van der Waals surface area (Å²) in [6.45, 7) is 1.71. The van der Waals surface area contributed by atoms with E-state index in [9.17, 15) is 9.18 Å². The van der Waals surface area contributed by atoms with Crippen molar-refractivity contribution in [2.75, 3.05) is 18.0 Å². The molecule has 0 unspecified atom stereocenters. The third kappa shape index (κ3) is 3.78. The molecular weight excluding hydrogens is 379 g/mol. The Hall–Kier alpha value is -2.73. The van der Waals surface area contributed by atoms with Gasteiger partial charge in [0, 0.05) is 49.5 Å². The average Bonchev–Trinajstić information content (AvgIpc) is 2.74. The van der Waals surface area contributed by atoms with E-state index in [4.69, 9.17) is 11.6 Å². The van der Waals surface area contributed by atoms with E-state index < -0.39 is 0 Å². The van der Waals surface area contributed by atoms with Crippen LogP contribution in [0.15, 0.2) is 48.9 Å². The molecule has 0 spiro atoms. The van der Waals surface area contributed by atoms with E-state index in [0.29, 0.717) is 48.6 Å². The predicted molar refractivity (Wildman–Crippen MR) is 108 cm³/mol. The zero-order valence-electron chi connectivity index (χ0n) is 15.2. The lowest BCUT2D eigenvalue weighted by Gasteiger charge is -2.33. The molecule has 4 rings (SSSR count). The smallest absolute Gasteiger partial charge is 0.223 e. The Morgan fingerprint density at radius 3 is 2.79 bits per heavy atom. The molecule has 3 heterocycles. The molecule has 1 saturated heterocycles. The molecule has 0 aliphatic carbocycles. The Balaban J connectivity index is 1.39. The number of fused-ring (bicyclic) bond motifs is 1. The number of amides is 1. The topological polar surface area (TPSA) is 58.1 Å². The fourth-order valence-corrected chi connectivity index (χ4v) is 3.81. The number of nitrogens with one attached hydrogen (secondary N) is 1. The van der Waals surface area contributed by atoms with Crippen LogP contribution in [-0.2, 0) is 11.3 Å². The van der Waals surface area contributed by atoms with Crippen LogP contribution in [0.5, 0.6) is 0 Å². The van der Waals surface area contributed by atoms with Crippen LogP contribution in [0.1, 0.15) is 18.4 Å². The molecule has 0 radical (unpaired) electrons. The molecule has 0 atom stereocenters. The Morgan fingerprint density at radius 1 is 1.21 bits per heavy atom. The summed E-state index contributed by atoms with van der Waals surface area (Å²) in [5.41, 5.74) is 1.76. The minimum Gasteiger partial charge on any atom is -0.369 e. The molecule has 1 amide bonds. The number of rotatable bonds is 4. The fourth-order valence-electron chi connectivity index (χ4n) is 3.60. The van der Waals surface area contributed by atoms with Gasteiger partial charge in [-0.05, 0) is 42.7 Å². The van der Waals surface area contributed by atoms with Crippen molar-refractivity contribution in [2.45, 2.75) is 19.4 Å². The molecule has 144 valence electrons. The van der Waals surface area contributed by atoms with Crippen molar-refractivity contribution < 1.29 is 9.18 Å². The lowest BCUT2D eigenvalue weighted by molar-refractivity contribution is -0.125. The van der Waals surface area contributed by atoms with Gasteiger partial charge in [0.1, 0.15) is 5.52 Å². The lowest BCUT2D eigenvalue weighted by atomic mass is 9.95. The normalized spacial score (nSPS) is 15.0. The second kappa shape index (κ2) is 8.10. The summed E-state index contributed by atoms with van der Waals surface area (Å²) in [6, 6.07) is 8.97. The second-order valence-corrected chi connectivity index (χ2v) is 7.34. The van der Waals surface area contributed by atoms with Crippen molar-refractivity contribution >= 4 is 34.1 Å². The summed E-state index contributed by atoms with van der Waals surface area (Å²) in [5, 5.41) is 4.06. The molecule has 2 aromatic heterocycles. The Labute approximate surface area is 167 Å². The molecule has 0 bridgehead atoms. The lowest BCUT2D eigenvalue weighted by Crippen LogP contribution is -2.40. The van der Waals surface area contributed by atoms with E-state index in [-0.39, 0.29) is 23.2 Å². The zero-order valence-corrected chi connectivity index (χ0v) is 16.0. The van der Waals surface area contributed by atoms with Gasteiger partial charge in [0.25, 0.3) is 0 Å². The zero-order chi connectivity index (χ0) is 19.5. The highest BCUT2D eigenvalue weighted by atomic mass is 35.5. The first-order valence-corrected chi connectivity index (χ1v) is 9.65. The third-order valence-corrected chi connectivity index (χ3v) is 5.50. The molecule has 1 N–H and O–H groups in total. The number of aromatic nitrogens is 2. The van der Waals surface area contributed by atoms with Crippen molar-refractivity contribution in [3.8, 4) is 0 Å². The summed E-state index contributed by atoms with van der Waals surface area (Å²) >= 11 is 6.13. The average molecular weight is 399 g/mol. The Morgan fingerprint density at radius 2 is 2.04 bits per heavy atom. The van der Waals surface area contributed by atoms with Gasteiger partial charge in [0.2, 0.25) is 5.91 Å². The van der Waals surface area contributed by atoms with Crippen molar-refractivity contribution in [3.63, 3.8) is 0 Å². The van der Waals surface area contributed by atoms with Gasteiger partial charge in [-0.2, -0.15) is 0 Å². The van der Waals surface area contributed by atoms with Crippen LogP contribution in [0.4, 0.5) is 10.1 Å². The molecule has 5 nitrogen and oxygen atoms in total. The van der Waals surface area contributed by atoms with Crippen molar-refractivity contribution in [1.82, 2.24) is 15.3 Å². The van der Waals surface area contributed by atoms with Crippen LogP contribution in [0.25, 0.3) is 10.9 Å². The van der Waals surface area contributed by atoms with Crippen LogP contribution >= 0.6 is 11.6 Å². The second-order valence-electron chi connectivity index (χ2n) is 6.93. The summed E-state index contributed by atoms with van der Waals surface area (Å²) in [4.78, 5) is 22.6. The minimum atomic E-state index is -0.362. The van der Waals surface area contributed by atoms with E-state index in [1.54, 1.807) is 30.6 Å². The first-order valence-electron chi connectivity index (χ1n) is 9.28. The minimum absolute atomic E-state index is 0.0379. The maximum Gasteiger partial charge on any atom is 0.223 e. The van der Waals surface area contributed by atoms with Gasteiger partial charge in [0.05, 0.1) is 10.7 Å². The number of piperidine rings is 1. The number of benzene rings is 1. The molecule has 1 aliphatic heterocycles. The number of carbonyl (C=O) groups excluding carboxylic acids is 1. The highest BCUT2D eigenvalue weighted by Crippen LogP contribution is 2.32. The van der Waals surface area contributed by atoms with Crippen LogP contribution in [0.2, 0.25) is 5.02 Å². The van der Waals surface area contributed by atoms with Gasteiger partial charge in [-0.25, -0.2) is 4.39 Å². The highest BCUT2D eigenvalue weighted by Gasteiger charge is 2.26. The van der Waals surface area contributed by atoms with Crippen LogP contribution in [0, 0.1) is 11.7 Å². The molecule has 1 fully saturated rings. The van der Waals surface area contributed by atoms with E-state index >= 15 is 0 Å². The van der Waals surface area contributed by atoms with Gasteiger partial charge in [-0.3, -0.25) is 14.8 Å². The van der Waals surface area contributed by atoms with Crippen LogP contribution in [-0.4, -0.2) is 29.0 Å². The van der Waals surface area contributed by atoms with E-state index in [2.05, 4.69) is 15.3 Å². The standard InChI is InChI=1S/C21H20ClFN4O/c22-17-5-9-25-20-16(17)3-4-18(19(20)23)27-10-6-15(7-11-27)21(28)26-13-14-2-1-8-24-12-14/h1-5,8-9,12,15H,6-7,10-11,13H2,(H,26,28). The molecule has 1 aromatic carbocycles. The van der Waals surface area contributed by atoms with E-state index in [1.165, 1.54) is 6.20 Å². The van der Waals surface area contributed by atoms with Gasteiger partial charge in [-0.15, -0.1) is 0 Å². The van der Waals surface area contributed by atoms with Gasteiger partial charge < -0.3 is 10.2 Å². The SMILES string of the molecule is O=C(NCc1cccnc1)C1CCN(c2ccc3c(Cl)ccnc3c2F)CC1. The van der Waals surface area contributed by atoms with Gasteiger partial charge in [0.15, 0.2) is 5.82 Å². The number of nitrogens with zero attached hydrogens (tertiary/aromatic N) is 3. The maximum atomic E-state index is 14.9. The highest BCUT2D eigenvalue weighted by molar-refractivity contribution is 6.35. The summed E-state index contributed by atoms with van der Waals surface area (Å²) < 4.78 is 14.9. The fraction of sp³-hybridized carbons (Fsp3) is 0.286. The largest absolute Gasteiger partial charge is 0.369 e. The van der Waals surface area contributed by atoms with Crippen molar-refractivity contribution in [2.24, 2.45) is 5.92 Å². The quantitative estimate of drug-likeness (QED) is 0.722. The predicted octanol–water partition coefficient (Wildman–Crippen LogP) is 3.96. The summed E-state index contributed by atoms with van der Waals surface area (Å²) in [6.07, 6.45) is 6.32. The number of hydrogen-bond acceptors (Lipinski definition) is 4. The molecular formula is C21H20ClFN4O. The molecule has 28 heavy (non-hydrogen) atoms. The number of anilines is 1.